The minimum Gasteiger partial charge on any atom is -0.376 e. The Labute approximate surface area is 141 Å². The zero-order valence-corrected chi connectivity index (χ0v) is 13.9. The van der Waals surface area contributed by atoms with Gasteiger partial charge in [-0.1, -0.05) is 30.3 Å². The number of anilines is 1. The third-order valence-electron chi connectivity index (χ3n) is 4.14. The zero-order valence-electron chi connectivity index (χ0n) is 13.9. The van der Waals surface area contributed by atoms with E-state index in [1.54, 1.807) is 12.3 Å². The van der Waals surface area contributed by atoms with Gasteiger partial charge in [0.25, 0.3) is 5.56 Å². The number of hydrogen-bond acceptors (Lipinski definition) is 5. The van der Waals surface area contributed by atoms with E-state index >= 15 is 0 Å². The van der Waals surface area contributed by atoms with Crippen LogP contribution in [0.25, 0.3) is 0 Å². The Hall–Kier alpha value is -2.18. The van der Waals surface area contributed by atoms with E-state index in [9.17, 15) is 4.79 Å². The second kappa shape index (κ2) is 8.08. The first-order chi connectivity index (χ1) is 11.7. The van der Waals surface area contributed by atoms with Gasteiger partial charge in [0.1, 0.15) is 6.10 Å². The Bertz CT molecular complexity index is 696. The summed E-state index contributed by atoms with van der Waals surface area (Å²) in [5.41, 5.74) is 1.99. The fourth-order valence-electron chi connectivity index (χ4n) is 2.68. The van der Waals surface area contributed by atoms with Crippen molar-refractivity contribution in [3.05, 3.63) is 58.5 Å². The molecule has 6 heteroatoms. The molecule has 0 aliphatic carbocycles. The molecule has 0 bridgehead atoms. The molecule has 128 valence electrons. The van der Waals surface area contributed by atoms with Crippen LogP contribution >= 0.6 is 0 Å². The molecule has 1 aromatic carbocycles. The Morgan fingerprint density at radius 1 is 1.29 bits per heavy atom. The van der Waals surface area contributed by atoms with Crippen molar-refractivity contribution in [3.8, 4) is 0 Å². The summed E-state index contributed by atoms with van der Waals surface area (Å²) >= 11 is 0. The van der Waals surface area contributed by atoms with Crippen molar-refractivity contribution >= 4 is 5.69 Å². The van der Waals surface area contributed by atoms with Crippen molar-refractivity contribution in [2.75, 3.05) is 38.3 Å². The van der Waals surface area contributed by atoms with Crippen LogP contribution in [0.2, 0.25) is 0 Å². The van der Waals surface area contributed by atoms with Crippen LogP contribution in [0.4, 0.5) is 5.69 Å². The summed E-state index contributed by atoms with van der Waals surface area (Å²) in [5, 5.41) is 4.28. The molecule has 24 heavy (non-hydrogen) atoms. The summed E-state index contributed by atoms with van der Waals surface area (Å²) in [4.78, 5) is 14.3. The smallest absolute Gasteiger partial charge is 0.268 e. The van der Waals surface area contributed by atoms with E-state index < -0.39 is 0 Å². The lowest BCUT2D eigenvalue weighted by Crippen LogP contribution is -2.36. The molecule has 1 aromatic heterocycles. The van der Waals surface area contributed by atoms with Crippen LogP contribution in [-0.2, 0) is 22.4 Å². The molecule has 0 spiro atoms. The van der Waals surface area contributed by atoms with E-state index in [1.165, 1.54) is 10.2 Å². The van der Waals surface area contributed by atoms with Gasteiger partial charge in [0.15, 0.2) is 0 Å². The van der Waals surface area contributed by atoms with Gasteiger partial charge < -0.3 is 14.4 Å². The lowest BCUT2D eigenvalue weighted by Gasteiger charge is -2.23. The quantitative estimate of drug-likeness (QED) is 0.800. The van der Waals surface area contributed by atoms with Crippen molar-refractivity contribution in [2.24, 2.45) is 0 Å². The molecule has 0 saturated carbocycles. The lowest BCUT2D eigenvalue weighted by atomic mass is 10.1. The molecule has 2 aromatic rings. The predicted octanol–water partition coefficient (Wildman–Crippen LogP) is 1.34. The van der Waals surface area contributed by atoms with Crippen LogP contribution in [-0.4, -0.2) is 49.3 Å². The number of ether oxygens (including phenoxy) is 2. The monoisotopic (exact) mass is 329 g/mol. The molecule has 6 nitrogen and oxygen atoms in total. The molecule has 1 fully saturated rings. The number of likely N-dealkylation sites (N-methyl/N-ethyl adjacent to an activating group) is 1. The minimum atomic E-state index is -0.117. The van der Waals surface area contributed by atoms with E-state index in [-0.39, 0.29) is 11.7 Å². The van der Waals surface area contributed by atoms with Gasteiger partial charge in [-0.2, -0.15) is 5.10 Å². The van der Waals surface area contributed by atoms with Gasteiger partial charge in [-0.25, -0.2) is 4.68 Å². The molecule has 1 atom stereocenters. The Balaban J connectivity index is 1.59. The van der Waals surface area contributed by atoms with Crippen molar-refractivity contribution in [1.82, 2.24) is 9.78 Å². The van der Waals surface area contributed by atoms with Crippen LogP contribution < -0.4 is 10.5 Å². The summed E-state index contributed by atoms with van der Waals surface area (Å²) < 4.78 is 12.4. The van der Waals surface area contributed by atoms with E-state index in [2.05, 4.69) is 17.2 Å². The zero-order chi connectivity index (χ0) is 16.8. The van der Waals surface area contributed by atoms with Gasteiger partial charge in [0, 0.05) is 19.7 Å². The third kappa shape index (κ3) is 4.43. The van der Waals surface area contributed by atoms with Crippen molar-refractivity contribution in [3.63, 3.8) is 0 Å². The minimum absolute atomic E-state index is 0.106. The van der Waals surface area contributed by atoms with Gasteiger partial charge >= 0.3 is 0 Å². The summed E-state index contributed by atoms with van der Waals surface area (Å²) in [6.45, 7) is 2.94. The number of hydrogen-bond donors (Lipinski definition) is 0. The number of rotatable bonds is 6. The van der Waals surface area contributed by atoms with E-state index in [0.29, 0.717) is 26.4 Å². The average Bonchev–Trinajstić information content (AvgIpc) is 2.63. The highest BCUT2D eigenvalue weighted by Crippen LogP contribution is 2.10. The first kappa shape index (κ1) is 16.7. The second-order valence-corrected chi connectivity index (χ2v) is 5.96. The second-order valence-electron chi connectivity index (χ2n) is 5.96. The first-order valence-electron chi connectivity index (χ1n) is 8.24. The summed E-state index contributed by atoms with van der Waals surface area (Å²) in [6, 6.07) is 11.9. The third-order valence-corrected chi connectivity index (χ3v) is 4.14. The molecule has 0 N–H and O–H groups in total. The molecular weight excluding hydrogens is 306 g/mol. The fraction of sp³-hybridized carbons (Fsp3) is 0.444. The molecule has 0 unspecified atom stereocenters. The van der Waals surface area contributed by atoms with E-state index in [0.717, 1.165) is 18.7 Å². The highest BCUT2D eigenvalue weighted by atomic mass is 16.6. The standard InChI is InChI=1S/C18H23N3O3/c1-20(8-7-15-5-3-2-4-6-15)16-11-18(22)21(19-12-16)13-17-14-23-9-10-24-17/h2-6,11-12,17H,7-10,13-14H2,1H3/t17-/m1/s1. The molecule has 1 aliphatic heterocycles. The number of aromatic nitrogens is 2. The summed E-state index contributed by atoms with van der Waals surface area (Å²) in [5.74, 6) is 0. The van der Waals surface area contributed by atoms with Gasteiger partial charge in [-0.3, -0.25) is 4.79 Å². The maximum absolute atomic E-state index is 12.3. The number of nitrogens with zero attached hydrogens (tertiary/aromatic N) is 3. The molecule has 1 saturated heterocycles. The SMILES string of the molecule is CN(CCc1ccccc1)c1cnn(C[C@@H]2COCCO2)c(=O)c1. The van der Waals surface area contributed by atoms with Crippen LogP contribution in [0, 0.1) is 0 Å². The van der Waals surface area contributed by atoms with Crippen molar-refractivity contribution < 1.29 is 9.47 Å². The molecule has 1 aliphatic rings. The molecular formula is C18H23N3O3. The van der Waals surface area contributed by atoms with Crippen LogP contribution in [0.3, 0.4) is 0 Å². The Morgan fingerprint density at radius 2 is 2.12 bits per heavy atom. The largest absolute Gasteiger partial charge is 0.376 e. The molecule has 2 heterocycles. The van der Waals surface area contributed by atoms with E-state index in [4.69, 9.17) is 9.47 Å². The Morgan fingerprint density at radius 3 is 2.83 bits per heavy atom. The van der Waals surface area contributed by atoms with Crippen molar-refractivity contribution in [2.45, 2.75) is 19.1 Å². The van der Waals surface area contributed by atoms with Gasteiger partial charge in [-0.15, -0.1) is 0 Å². The highest BCUT2D eigenvalue weighted by molar-refractivity contribution is 5.42. The van der Waals surface area contributed by atoms with Crippen LogP contribution in [0.5, 0.6) is 0 Å². The molecule has 3 rings (SSSR count). The fourth-order valence-corrected chi connectivity index (χ4v) is 2.68. The highest BCUT2D eigenvalue weighted by Gasteiger charge is 2.16. The number of benzene rings is 1. The summed E-state index contributed by atoms with van der Waals surface area (Å²) in [7, 11) is 1.97. The van der Waals surface area contributed by atoms with Crippen LogP contribution in [0.15, 0.2) is 47.4 Å². The van der Waals surface area contributed by atoms with Gasteiger partial charge in [0.2, 0.25) is 0 Å². The summed E-state index contributed by atoms with van der Waals surface area (Å²) in [6.07, 6.45) is 2.55. The Kier molecular flexibility index (Phi) is 5.61. The molecule has 0 amide bonds. The first-order valence-corrected chi connectivity index (χ1v) is 8.24. The lowest BCUT2D eigenvalue weighted by molar-refractivity contribution is -0.0950. The normalized spacial score (nSPS) is 17.6. The predicted molar refractivity (Wildman–Crippen MR) is 92.5 cm³/mol. The van der Waals surface area contributed by atoms with Crippen LogP contribution in [0.1, 0.15) is 5.56 Å². The van der Waals surface area contributed by atoms with Gasteiger partial charge in [-0.05, 0) is 12.0 Å². The maximum Gasteiger partial charge on any atom is 0.268 e. The average molecular weight is 329 g/mol. The topological polar surface area (TPSA) is 56.6 Å². The maximum atomic E-state index is 12.3. The molecule has 0 radical (unpaired) electrons. The van der Waals surface area contributed by atoms with E-state index in [1.807, 2.05) is 30.1 Å². The van der Waals surface area contributed by atoms with Crippen molar-refractivity contribution in [1.29, 1.82) is 0 Å². The van der Waals surface area contributed by atoms with Gasteiger partial charge in [0.05, 0.1) is 38.2 Å².